The molecule has 0 aromatic heterocycles. The third-order valence-electron chi connectivity index (χ3n) is 3.47. The third-order valence-corrected chi connectivity index (χ3v) is 4.64. The molecule has 2 aromatic rings. The van der Waals surface area contributed by atoms with Gasteiger partial charge in [-0.3, -0.25) is 4.79 Å². The van der Waals surface area contributed by atoms with Crippen LogP contribution in [0.3, 0.4) is 0 Å². The lowest BCUT2D eigenvalue weighted by Crippen LogP contribution is -2.26. The second-order valence-corrected chi connectivity index (χ2v) is 7.37. The lowest BCUT2D eigenvalue weighted by Gasteiger charge is -2.11. The molecule has 0 unspecified atom stereocenters. The maximum atomic E-state index is 12.3. The van der Waals surface area contributed by atoms with E-state index >= 15 is 0 Å². The van der Waals surface area contributed by atoms with Gasteiger partial charge < -0.3 is 10.1 Å². The van der Waals surface area contributed by atoms with Gasteiger partial charge in [0.25, 0.3) is 5.91 Å². The van der Waals surface area contributed by atoms with Crippen LogP contribution >= 0.6 is 11.6 Å². The fourth-order valence-corrected chi connectivity index (χ4v) is 2.90. The molecule has 0 bridgehead atoms. The first kappa shape index (κ1) is 20.2. The van der Waals surface area contributed by atoms with Gasteiger partial charge in [-0.15, -0.1) is 0 Å². The number of hydrogen-bond acceptors (Lipinski definition) is 4. The van der Waals surface area contributed by atoms with Crippen molar-refractivity contribution in [2.24, 2.45) is 5.14 Å². The highest BCUT2D eigenvalue weighted by Crippen LogP contribution is 2.23. The number of benzene rings is 2. The quantitative estimate of drug-likeness (QED) is 0.710. The van der Waals surface area contributed by atoms with Crippen molar-refractivity contribution < 1.29 is 22.3 Å². The van der Waals surface area contributed by atoms with E-state index in [-0.39, 0.29) is 22.8 Å². The zero-order valence-electron chi connectivity index (χ0n) is 13.7. The van der Waals surface area contributed by atoms with Crippen LogP contribution in [0.25, 0.3) is 0 Å². The standard InChI is InChI=1S/C17H18ClFN2O4S/c18-13-3-6-16(25-10-8-19)15(11-13)17(22)21-9-7-12-1-4-14(5-2-12)26(20,23)24/h1-6,11H,7-10H2,(H,21,22)(H2,20,23,24). The van der Waals surface area contributed by atoms with E-state index in [4.69, 9.17) is 21.5 Å². The number of carbonyl (C=O) groups is 1. The summed E-state index contributed by atoms with van der Waals surface area (Å²) in [6, 6.07) is 10.6. The van der Waals surface area contributed by atoms with Crippen LogP contribution in [-0.2, 0) is 16.4 Å². The molecule has 6 nitrogen and oxygen atoms in total. The van der Waals surface area contributed by atoms with Crippen molar-refractivity contribution in [3.05, 3.63) is 58.6 Å². The van der Waals surface area contributed by atoms with Crippen LogP contribution in [0.4, 0.5) is 4.39 Å². The molecule has 0 heterocycles. The minimum atomic E-state index is -3.73. The molecule has 140 valence electrons. The summed E-state index contributed by atoms with van der Waals surface area (Å²) in [6.07, 6.45) is 0.484. The lowest BCUT2D eigenvalue weighted by molar-refractivity contribution is 0.0949. The van der Waals surface area contributed by atoms with Gasteiger partial charge in [0.05, 0.1) is 10.5 Å². The summed E-state index contributed by atoms with van der Waals surface area (Å²) in [5, 5.41) is 8.13. The molecule has 2 rings (SSSR count). The SMILES string of the molecule is NS(=O)(=O)c1ccc(CCNC(=O)c2cc(Cl)ccc2OCCF)cc1. The topological polar surface area (TPSA) is 98.5 Å². The Morgan fingerprint density at radius 2 is 1.88 bits per heavy atom. The molecule has 0 aliphatic heterocycles. The zero-order chi connectivity index (χ0) is 19.2. The summed E-state index contributed by atoms with van der Waals surface area (Å²) < 4.78 is 39.9. The molecule has 3 N–H and O–H groups in total. The Bertz CT molecular complexity index is 873. The Morgan fingerprint density at radius 3 is 2.50 bits per heavy atom. The molecular formula is C17H18ClFN2O4S. The van der Waals surface area contributed by atoms with Crippen molar-refractivity contribution in [2.45, 2.75) is 11.3 Å². The zero-order valence-corrected chi connectivity index (χ0v) is 15.3. The van der Waals surface area contributed by atoms with Gasteiger partial charge in [-0.1, -0.05) is 23.7 Å². The number of sulfonamides is 1. The molecular weight excluding hydrogens is 383 g/mol. The second-order valence-electron chi connectivity index (χ2n) is 5.37. The van der Waals surface area contributed by atoms with Gasteiger partial charge in [-0.2, -0.15) is 0 Å². The predicted molar refractivity (Wildman–Crippen MR) is 96.8 cm³/mol. The van der Waals surface area contributed by atoms with E-state index in [0.717, 1.165) is 5.56 Å². The number of hydrogen-bond donors (Lipinski definition) is 2. The summed E-state index contributed by atoms with van der Waals surface area (Å²) in [4.78, 5) is 12.3. The Morgan fingerprint density at radius 1 is 1.19 bits per heavy atom. The number of primary sulfonamides is 1. The van der Waals surface area contributed by atoms with Crippen molar-refractivity contribution in [1.82, 2.24) is 5.32 Å². The highest BCUT2D eigenvalue weighted by Gasteiger charge is 2.13. The van der Waals surface area contributed by atoms with Gasteiger partial charge in [0.15, 0.2) is 0 Å². The average Bonchev–Trinajstić information content (AvgIpc) is 2.60. The Kier molecular flexibility index (Phi) is 6.96. The lowest BCUT2D eigenvalue weighted by atomic mass is 10.1. The van der Waals surface area contributed by atoms with Crippen molar-refractivity contribution >= 4 is 27.5 Å². The summed E-state index contributed by atoms with van der Waals surface area (Å²) >= 11 is 5.91. The first-order valence-electron chi connectivity index (χ1n) is 7.69. The van der Waals surface area contributed by atoms with E-state index < -0.39 is 22.6 Å². The summed E-state index contributed by atoms with van der Waals surface area (Å²) in [5.74, 6) is -0.149. The number of ether oxygens (including phenoxy) is 1. The van der Waals surface area contributed by atoms with Gasteiger partial charge in [0.1, 0.15) is 19.0 Å². The summed E-state index contributed by atoms with van der Waals surface area (Å²) in [6.45, 7) is -0.515. The first-order chi connectivity index (χ1) is 12.3. The van der Waals surface area contributed by atoms with Crippen molar-refractivity contribution in [2.75, 3.05) is 19.8 Å². The fourth-order valence-electron chi connectivity index (χ4n) is 2.22. The highest BCUT2D eigenvalue weighted by molar-refractivity contribution is 7.89. The van der Waals surface area contributed by atoms with Crippen molar-refractivity contribution in [3.63, 3.8) is 0 Å². The molecule has 0 radical (unpaired) electrons. The van der Waals surface area contributed by atoms with Gasteiger partial charge in [-0.05, 0) is 42.3 Å². The maximum absolute atomic E-state index is 12.3. The van der Waals surface area contributed by atoms with Crippen LogP contribution in [-0.4, -0.2) is 34.2 Å². The molecule has 2 aromatic carbocycles. The number of nitrogens with two attached hydrogens (primary N) is 1. The molecule has 1 amide bonds. The van der Waals surface area contributed by atoms with Crippen LogP contribution in [0, 0.1) is 0 Å². The van der Waals surface area contributed by atoms with Crippen LogP contribution in [0.1, 0.15) is 15.9 Å². The molecule has 0 saturated heterocycles. The van der Waals surface area contributed by atoms with Crippen LogP contribution < -0.4 is 15.2 Å². The smallest absolute Gasteiger partial charge is 0.255 e. The highest BCUT2D eigenvalue weighted by atomic mass is 35.5. The van der Waals surface area contributed by atoms with Crippen LogP contribution in [0.2, 0.25) is 5.02 Å². The molecule has 0 aliphatic carbocycles. The average molecular weight is 401 g/mol. The molecule has 0 aliphatic rings. The third kappa shape index (κ3) is 5.69. The fraction of sp³-hybridized carbons (Fsp3) is 0.235. The Labute approximate surface area is 156 Å². The number of rotatable bonds is 8. The molecule has 9 heteroatoms. The van der Waals surface area contributed by atoms with E-state index in [0.29, 0.717) is 18.0 Å². The molecule has 0 atom stereocenters. The number of carbonyl (C=O) groups excluding carboxylic acids is 1. The predicted octanol–water partition coefficient (Wildman–Crippen LogP) is 2.31. The van der Waals surface area contributed by atoms with E-state index in [9.17, 15) is 17.6 Å². The number of halogens is 2. The van der Waals surface area contributed by atoms with E-state index in [1.807, 2.05) is 0 Å². The largest absolute Gasteiger partial charge is 0.490 e. The van der Waals surface area contributed by atoms with Gasteiger partial charge in [0, 0.05) is 11.6 Å². The number of amides is 1. The normalized spacial score (nSPS) is 11.2. The first-order valence-corrected chi connectivity index (χ1v) is 9.62. The minimum Gasteiger partial charge on any atom is -0.490 e. The van der Waals surface area contributed by atoms with E-state index in [1.54, 1.807) is 18.2 Å². The monoisotopic (exact) mass is 400 g/mol. The molecule has 26 heavy (non-hydrogen) atoms. The van der Waals surface area contributed by atoms with Crippen molar-refractivity contribution in [3.8, 4) is 5.75 Å². The molecule has 0 fully saturated rings. The van der Waals surface area contributed by atoms with E-state index in [1.165, 1.54) is 24.3 Å². The maximum Gasteiger partial charge on any atom is 0.255 e. The number of alkyl halides is 1. The number of nitrogens with one attached hydrogen (secondary N) is 1. The molecule has 0 spiro atoms. The second kappa shape index (κ2) is 8.98. The van der Waals surface area contributed by atoms with E-state index in [2.05, 4.69) is 5.32 Å². The minimum absolute atomic E-state index is 0.0267. The van der Waals surface area contributed by atoms with Crippen LogP contribution in [0.15, 0.2) is 47.4 Å². The van der Waals surface area contributed by atoms with Gasteiger partial charge in [-0.25, -0.2) is 17.9 Å². The Hall–Kier alpha value is -2.16. The van der Waals surface area contributed by atoms with Gasteiger partial charge >= 0.3 is 0 Å². The van der Waals surface area contributed by atoms with Crippen molar-refractivity contribution in [1.29, 1.82) is 0 Å². The van der Waals surface area contributed by atoms with Crippen LogP contribution in [0.5, 0.6) is 5.75 Å². The Balaban J connectivity index is 1.97. The van der Waals surface area contributed by atoms with Gasteiger partial charge in [0.2, 0.25) is 10.0 Å². The summed E-state index contributed by atoms with van der Waals surface area (Å²) in [5.41, 5.74) is 1.05. The molecule has 0 saturated carbocycles. The summed E-state index contributed by atoms with van der Waals surface area (Å²) in [7, 11) is -3.73.